The highest BCUT2D eigenvalue weighted by Crippen LogP contribution is 2.67. The number of carbonyl (C=O) groups is 1. The standard InChI is InChI=1S/C45H76O4/c1-7-8-9-10-11-13-16-22-37(49-47)23-17-14-12-15-18-24-43(46)48-38-29-31-44(5)36(33-38)25-26-39-41-28-27-40(35(4)21-19-20-34(2)3)45(41,6)32-30-42(39)44/h11,13,16,22,25,34-35,37-42,47H,7-10,12,14-15,17-21,23-24,26-33H2,1-6H3/b13-11-,22-16+/t35-,37+,38-,39-,40-,41-,42-,44-,45+/m0/s1. The lowest BCUT2D eigenvalue weighted by Gasteiger charge is -2.58. The predicted octanol–water partition coefficient (Wildman–Crippen LogP) is 13.2. The van der Waals surface area contributed by atoms with Crippen molar-refractivity contribution in [2.24, 2.45) is 46.3 Å². The van der Waals surface area contributed by atoms with Crippen molar-refractivity contribution in [3.63, 3.8) is 0 Å². The largest absolute Gasteiger partial charge is 0.462 e. The number of ether oxygens (including phenoxy) is 1. The molecule has 4 heteroatoms. The topological polar surface area (TPSA) is 55.8 Å². The Labute approximate surface area is 302 Å². The second kappa shape index (κ2) is 20.0. The van der Waals surface area contributed by atoms with E-state index in [0.29, 0.717) is 17.3 Å². The number of fused-ring (bicyclic) bond motifs is 5. The Balaban J connectivity index is 1.14. The van der Waals surface area contributed by atoms with Crippen LogP contribution in [0.1, 0.15) is 183 Å². The number of carbonyl (C=O) groups excluding carboxylic acids is 1. The molecule has 0 spiro atoms. The maximum Gasteiger partial charge on any atom is 0.306 e. The van der Waals surface area contributed by atoms with E-state index in [0.717, 1.165) is 93.3 Å². The molecule has 4 nitrogen and oxygen atoms in total. The summed E-state index contributed by atoms with van der Waals surface area (Å²) >= 11 is 0. The van der Waals surface area contributed by atoms with Crippen molar-refractivity contribution >= 4 is 5.97 Å². The van der Waals surface area contributed by atoms with Gasteiger partial charge < -0.3 is 4.74 Å². The molecule has 4 aliphatic carbocycles. The van der Waals surface area contributed by atoms with Crippen LogP contribution in [-0.4, -0.2) is 23.4 Å². The highest BCUT2D eigenvalue weighted by atomic mass is 17.1. The van der Waals surface area contributed by atoms with Crippen LogP contribution in [0.15, 0.2) is 36.0 Å². The Morgan fingerprint density at radius 1 is 0.898 bits per heavy atom. The fourth-order valence-electron chi connectivity index (χ4n) is 11.2. The number of allylic oxidation sites excluding steroid dienone is 4. The summed E-state index contributed by atoms with van der Waals surface area (Å²) in [6.45, 7) is 14.8. The molecule has 0 aromatic rings. The average molecular weight is 681 g/mol. The zero-order chi connectivity index (χ0) is 35.3. The van der Waals surface area contributed by atoms with E-state index in [1.54, 1.807) is 5.57 Å². The van der Waals surface area contributed by atoms with Crippen LogP contribution in [0.5, 0.6) is 0 Å². The van der Waals surface area contributed by atoms with Crippen LogP contribution < -0.4 is 0 Å². The third-order valence-electron chi connectivity index (χ3n) is 14.1. The molecule has 49 heavy (non-hydrogen) atoms. The summed E-state index contributed by atoms with van der Waals surface area (Å²) in [5.41, 5.74) is 2.45. The molecule has 280 valence electrons. The minimum atomic E-state index is -0.246. The molecule has 1 N–H and O–H groups in total. The monoisotopic (exact) mass is 681 g/mol. The third kappa shape index (κ3) is 11.1. The summed E-state index contributed by atoms with van der Waals surface area (Å²) in [7, 11) is 0. The van der Waals surface area contributed by atoms with Gasteiger partial charge in [-0.1, -0.05) is 135 Å². The second-order valence-corrected chi connectivity index (χ2v) is 17.9. The minimum Gasteiger partial charge on any atom is -0.462 e. The lowest BCUT2D eigenvalue weighted by atomic mass is 9.47. The van der Waals surface area contributed by atoms with Crippen LogP contribution in [0.25, 0.3) is 0 Å². The lowest BCUT2D eigenvalue weighted by molar-refractivity contribution is -0.267. The van der Waals surface area contributed by atoms with E-state index in [4.69, 9.17) is 4.74 Å². The SMILES string of the molecule is CCCCC/C=C\C=C\[C@H](CCCCCCCC(=O)O[C@H]1CC[C@@]2(C)C(=CC[C@H]3[C@@H]4CC[C@@H]([C@@H](C)CCCC(C)C)[C@@]4(C)CC[C@@H]32)C1)OO. The Kier molecular flexibility index (Phi) is 16.5. The summed E-state index contributed by atoms with van der Waals surface area (Å²) in [5.74, 6) is 5.14. The molecule has 0 saturated heterocycles. The molecule has 4 rings (SSSR count). The smallest absolute Gasteiger partial charge is 0.306 e. The highest BCUT2D eigenvalue weighted by molar-refractivity contribution is 5.69. The van der Waals surface area contributed by atoms with Crippen molar-refractivity contribution in [2.45, 2.75) is 195 Å². The molecule has 0 aromatic heterocycles. The number of hydrogen-bond donors (Lipinski definition) is 1. The van der Waals surface area contributed by atoms with Gasteiger partial charge in [0.25, 0.3) is 0 Å². The lowest BCUT2D eigenvalue weighted by Crippen LogP contribution is -2.51. The van der Waals surface area contributed by atoms with Gasteiger partial charge in [-0.05, 0) is 117 Å². The number of rotatable bonds is 21. The zero-order valence-electron chi connectivity index (χ0n) is 32.7. The van der Waals surface area contributed by atoms with Gasteiger partial charge in [0.1, 0.15) is 12.2 Å². The molecule has 0 radical (unpaired) electrons. The summed E-state index contributed by atoms with van der Waals surface area (Å²) < 4.78 is 6.10. The number of hydrogen-bond acceptors (Lipinski definition) is 4. The van der Waals surface area contributed by atoms with Crippen molar-refractivity contribution in [3.8, 4) is 0 Å². The van der Waals surface area contributed by atoms with Gasteiger partial charge in [0.05, 0.1) is 0 Å². The van der Waals surface area contributed by atoms with E-state index in [1.807, 2.05) is 12.2 Å². The van der Waals surface area contributed by atoms with Gasteiger partial charge in [-0.15, -0.1) is 0 Å². The summed E-state index contributed by atoms with van der Waals surface area (Å²) in [5, 5.41) is 9.24. The molecule has 3 fully saturated rings. The van der Waals surface area contributed by atoms with Crippen molar-refractivity contribution in [1.82, 2.24) is 0 Å². The molecule has 4 aliphatic rings. The van der Waals surface area contributed by atoms with Gasteiger partial charge in [-0.25, -0.2) is 4.89 Å². The van der Waals surface area contributed by atoms with Crippen molar-refractivity contribution < 1.29 is 19.7 Å². The summed E-state index contributed by atoms with van der Waals surface area (Å²) in [6, 6.07) is 0. The molecule has 0 heterocycles. The molecule has 0 aromatic carbocycles. The van der Waals surface area contributed by atoms with Gasteiger partial charge in [0, 0.05) is 12.8 Å². The number of unbranched alkanes of at least 4 members (excludes halogenated alkanes) is 7. The minimum absolute atomic E-state index is 0.00235. The van der Waals surface area contributed by atoms with Gasteiger partial charge in [0.2, 0.25) is 0 Å². The fraction of sp³-hybridized carbons (Fsp3) is 0.844. The highest BCUT2D eigenvalue weighted by Gasteiger charge is 2.59. The van der Waals surface area contributed by atoms with E-state index in [2.05, 4.69) is 64.7 Å². The van der Waals surface area contributed by atoms with Crippen LogP contribution in [0.3, 0.4) is 0 Å². The molecular formula is C45H76O4. The van der Waals surface area contributed by atoms with Crippen LogP contribution in [0, 0.1) is 46.3 Å². The molecule has 3 saturated carbocycles. The van der Waals surface area contributed by atoms with Crippen molar-refractivity contribution in [2.75, 3.05) is 0 Å². The molecule has 0 unspecified atom stereocenters. The van der Waals surface area contributed by atoms with E-state index in [-0.39, 0.29) is 18.2 Å². The van der Waals surface area contributed by atoms with E-state index in [1.165, 1.54) is 77.0 Å². The predicted molar refractivity (Wildman–Crippen MR) is 205 cm³/mol. The molecule has 0 bridgehead atoms. The first kappa shape index (κ1) is 40.4. The Bertz CT molecular complexity index is 1070. The maximum atomic E-state index is 12.8. The molecular weight excluding hydrogens is 604 g/mol. The van der Waals surface area contributed by atoms with Gasteiger partial charge in [0.15, 0.2) is 0 Å². The molecule has 0 aliphatic heterocycles. The Hall–Kier alpha value is -1.39. The van der Waals surface area contributed by atoms with Gasteiger partial charge >= 0.3 is 5.97 Å². The van der Waals surface area contributed by atoms with Crippen LogP contribution in [0.2, 0.25) is 0 Å². The Morgan fingerprint density at radius 2 is 1.69 bits per heavy atom. The maximum absolute atomic E-state index is 12.8. The van der Waals surface area contributed by atoms with E-state index in [9.17, 15) is 10.1 Å². The third-order valence-corrected chi connectivity index (χ3v) is 14.1. The Morgan fingerprint density at radius 3 is 2.47 bits per heavy atom. The van der Waals surface area contributed by atoms with Crippen LogP contribution >= 0.6 is 0 Å². The fourth-order valence-corrected chi connectivity index (χ4v) is 11.2. The first-order chi connectivity index (χ1) is 23.6. The molecule has 0 amide bonds. The number of esters is 1. The summed E-state index contributed by atoms with van der Waals surface area (Å²) in [4.78, 5) is 17.5. The zero-order valence-corrected chi connectivity index (χ0v) is 32.7. The van der Waals surface area contributed by atoms with Gasteiger partial charge in [-0.3, -0.25) is 10.1 Å². The van der Waals surface area contributed by atoms with Crippen LogP contribution in [0.4, 0.5) is 0 Å². The van der Waals surface area contributed by atoms with E-state index < -0.39 is 0 Å². The first-order valence-corrected chi connectivity index (χ1v) is 21.1. The van der Waals surface area contributed by atoms with Crippen molar-refractivity contribution in [3.05, 3.63) is 36.0 Å². The molecule has 9 atom stereocenters. The van der Waals surface area contributed by atoms with Gasteiger partial charge in [-0.2, -0.15) is 0 Å². The van der Waals surface area contributed by atoms with Crippen molar-refractivity contribution in [1.29, 1.82) is 0 Å². The average Bonchev–Trinajstić information content (AvgIpc) is 3.43. The van der Waals surface area contributed by atoms with E-state index >= 15 is 0 Å². The quantitative estimate of drug-likeness (QED) is 0.0327. The summed E-state index contributed by atoms with van der Waals surface area (Å²) in [6.07, 6.45) is 36.3. The second-order valence-electron chi connectivity index (χ2n) is 17.9. The normalized spacial score (nSPS) is 32.6. The first-order valence-electron chi connectivity index (χ1n) is 21.1. The van der Waals surface area contributed by atoms with Crippen LogP contribution in [-0.2, 0) is 14.4 Å².